The van der Waals surface area contributed by atoms with Crippen LogP contribution in [0.15, 0.2) is 34.9 Å². The Hall–Kier alpha value is -2.41. The van der Waals surface area contributed by atoms with Crippen molar-refractivity contribution in [3.05, 3.63) is 46.0 Å². The highest BCUT2D eigenvalue weighted by Gasteiger charge is 2.45. The van der Waals surface area contributed by atoms with Gasteiger partial charge in [-0.2, -0.15) is 5.26 Å². The summed E-state index contributed by atoms with van der Waals surface area (Å²) in [5, 5.41) is 49.8. The van der Waals surface area contributed by atoms with Crippen molar-refractivity contribution in [2.75, 3.05) is 13.7 Å². The van der Waals surface area contributed by atoms with Crippen LogP contribution < -0.4 is 4.74 Å². The fourth-order valence-electron chi connectivity index (χ4n) is 6.57. The molecule has 4 unspecified atom stereocenters. The molecule has 2 fully saturated rings. The molecule has 2 bridgehead atoms. The molecule has 0 aromatic heterocycles. The molecule has 7 atom stereocenters. The second-order valence-corrected chi connectivity index (χ2v) is 10.3. The first-order valence-corrected chi connectivity index (χ1v) is 13.0. The number of methoxy groups -OCH3 is 1. The summed E-state index contributed by atoms with van der Waals surface area (Å²) in [6, 6.07) is 7.32. The zero-order valence-electron chi connectivity index (χ0n) is 20.6. The smallest absolute Gasteiger partial charge is 0.229 e. The van der Waals surface area contributed by atoms with Crippen molar-refractivity contribution in [2.45, 2.75) is 82.1 Å². The Kier molecular flexibility index (Phi) is 7.38. The Morgan fingerprint density at radius 2 is 1.89 bits per heavy atom. The van der Waals surface area contributed by atoms with Gasteiger partial charge in [0.2, 0.25) is 6.29 Å². The number of nitriles is 1. The molecule has 1 saturated heterocycles. The first-order valence-electron chi connectivity index (χ1n) is 13.0. The summed E-state index contributed by atoms with van der Waals surface area (Å²) < 4.78 is 17.4. The van der Waals surface area contributed by atoms with E-state index in [1.54, 1.807) is 30.4 Å². The van der Waals surface area contributed by atoms with Gasteiger partial charge in [-0.1, -0.05) is 17.6 Å². The molecular weight excluding hydrogens is 462 g/mol. The molecular formula is C28H35NO7. The van der Waals surface area contributed by atoms with E-state index in [2.05, 4.69) is 6.07 Å². The van der Waals surface area contributed by atoms with E-state index in [0.29, 0.717) is 11.8 Å². The minimum absolute atomic E-state index is 0.174. The second-order valence-electron chi connectivity index (χ2n) is 10.3. The number of benzene rings is 1. The Labute approximate surface area is 211 Å². The summed E-state index contributed by atoms with van der Waals surface area (Å²) in [5.41, 5.74) is 5.61. The van der Waals surface area contributed by atoms with Gasteiger partial charge in [-0.25, -0.2) is 0 Å². The molecule has 1 saturated carbocycles. The van der Waals surface area contributed by atoms with E-state index < -0.39 is 37.3 Å². The summed E-state index contributed by atoms with van der Waals surface area (Å²) in [5.74, 6) is 1.83. The lowest BCUT2D eigenvalue weighted by Crippen LogP contribution is -2.60. The van der Waals surface area contributed by atoms with Crippen LogP contribution in [0.1, 0.15) is 62.5 Å². The van der Waals surface area contributed by atoms with Gasteiger partial charge in [-0.15, -0.1) is 0 Å². The average molecular weight is 498 g/mol. The predicted molar refractivity (Wildman–Crippen MR) is 130 cm³/mol. The highest BCUT2D eigenvalue weighted by Crippen LogP contribution is 2.53. The molecule has 4 aliphatic rings. The molecule has 8 nitrogen and oxygen atoms in total. The van der Waals surface area contributed by atoms with Gasteiger partial charge in [-0.3, -0.25) is 0 Å². The van der Waals surface area contributed by atoms with Crippen LogP contribution in [0, 0.1) is 23.2 Å². The van der Waals surface area contributed by atoms with Gasteiger partial charge >= 0.3 is 0 Å². The molecule has 1 aliphatic heterocycles. The van der Waals surface area contributed by atoms with Gasteiger partial charge in [0.05, 0.1) is 19.3 Å². The van der Waals surface area contributed by atoms with E-state index in [0.717, 1.165) is 37.0 Å². The molecule has 1 heterocycles. The minimum Gasteiger partial charge on any atom is -0.496 e. The van der Waals surface area contributed by atoms with E-state index in [1.165, 1.54) is 31.3 Å². The maximum absolute atomic E-state index is 10.4. The largest absolute Gasteiger partial charge is 0.496 e. The molecule has 3 aliphatic carbocycles. The second kappa shape index (κ2) is 10.5. The number of aliphatic hydroxyl groups excluding tert-OH is 4. The molecule has 0 spiro atoms. The third-order valence-electron chi connectivity index (χ3n) is 8.32. The lowest BCUT2D eigenvalue weighted by Gasteiger charge is -2.43. The maximum atomic E-state index is 10.4. The molecule has 194 valence electrons. The summed E-state index contributed by atoms with van der Waals surface area (Å²) >= 11 is 0. The summed E-state index contributed by atoms with van der Waals surface area (Å²) in [6.07, 6.45) is 2.39. The zero-order chi connectivity index (χ0) is 25.4. The number of hydrogen-bond acceptors (Lipinski definition) is 8. The van der Waals surface area contributed by atoms with E-state index in [1.807, 2.05) is 6.07 Å². The predicted octanol–water partition coefficient (Wildman–Crippen LogP) is 2.79. The first-order chi connectivity index (χ1) is 17.5. The highest BCUT2D eigenvalue weighted by atomic mass is 16.7. The van der Waals surface area contributed by atoms with Crippen molar-refractivity contribution >= 4 is 5.76 Å². The van der Waals surface area contributed by atoms with Crippen molar-refractivity contribution in [1.82, 2.24) is 0 Å². The lowest BCUT2D eigenvalue weighted by atomic mass is 9.62. The SMILES string of the molecule is CO/C(=C1\C2CCCC1C1=C(CCCC1)C2)c1ccc(C#N)c(O[C@@H]2OC(CO)[C@@H](O)[C@H](O)C2O)c1. The topological polar surface area (TPSA) is 132 Å². The van der Waals surface area contributed by atoms with Crippen LogP contribution in [0.5, 0.6) is 5.75 Å². The van der Waals surface area contributed by atoms with Crippen LogP contribution in [-0.4, -0.2) is 64.8 Å². The van der Waals surface area contributed by atoms with Crippen LogP contribution in [-0.2, 0) is 9.47 Å². The van der Waals surface area contributed by atoms with Gasteiger partial charge in [0.1, 0.15) is 42.0 Å². The fourth-order valence-corrected chi connectivity index (χ4v) is 6.57. The number of allylic oxidation sites excluding steroid dienone is 3. The minimum atomic E-state index is -1.56. The van der Waals surface area contributed by atoms with Crippen LogP contribution >= 0.6 is 0 Å². The van der Waals surface area contributed by atoms with Crippen LogP contribution in [0.25, 0.3) is 5.76 Å². The number of aliphatic hydroxyl groups is 4. The Morgan fingerprint density at radius 3 is 2.64 bits per heavy atom. The third-order valence-corrected chi connectivity index (χ3v) is 8.32. The fraction of sp³-hybridized carbons (Fsp3) is 0.607. The number of ether oxygens (including phenoxy) is 3. The summed E-state index contributed by atoms with van der Waals surface area (Å²) in [7, 11) is 1.68. The van der Waals surface area contributed by atoms with E-state index in [9.17, 15) is 25.7 Å². The number of hydrogen-bond donors (Lipinski definition) is 4. The van der Waals surface area contributed by atoms with Crippen molar-refractivity contribution in [3.8, 4) is 11.8 Å². The maximum Gasteiger partial charge on any atom is 0.229 e. The monoisotopic (exact) mass is 497 g/mol. The van der Waals surface area contributed by atoms with Gasteiger partial charge in [0.15, 0.2) is 0 Å². The molecule has 1 aromatic rings. The Morgan fingerprint density at radius 1 is 1.08 bits per heavy atom. The third kappa shape index (κ3) is 4.44. The number of fused-ring (bicyclic) bond motifs is 3. The van der Waals surface area contributed by atoms with Crippen LogP contribution in [0.2, 0.25) is 0 Å². The average Bonchev–Trinajstić information content (AvgIpc) is 2.90. The van der Waals surface area contributed by atoms with Gasteiger partial charge in [0, 0.05) is 11.5 Å². The molecule has 0 radical (unpaired) electrons. The van der Waals surface area contributed by atoms with E-state index in [-0.39, 0.29) is 11.3 Å². The first kappa shape index (κ1) is 25.2. The molecule has 0 amide bonds. The molecule has 8 heteroatoms. The molecule has 1 aromatic carbocycles. The molecule has 4 N–H and O–H groups in total. The number of rotatable bonds is 5. The Bertz CT molecular complexity index is 1090. The van der Waals surface area contributed by atoms with Crippen molar-refractivity contribution in [1.29, 1.82) is 5.26 Å². The van der Waals surface area contributed by atoms with Crippen molar-refractivity contribution < 1.29 is 34.6 Å². The van der Waals surface area contributed by atoms with Crippen LogP contribution in [0.4, 0.5) is 0 Å². The normalized spacial score (nSPS) is 35.5. The van der Waals surface area contributed by atoms with Gasteiger partial charge in [0.25, 0.3) is 0 Å². The lowest BCUT2D eigenvalue weighted by molar-refractivity contribution is -0.277. The molecule has 36 heavy (non-hydrogen) atoms. The highest BCUT2D eigenvalue weighted by molar-refractivity contribution is 5.68. The molecule has 5 rings (SSSR count). The standard InChI is InChI=1S/C28H35NO7/c1-34-27(23-16-6-4-8-20(23)19-7-3-2-5-15(19)11-16)17-9-10-18(13-29)21(12-17)35-28-26(33)25(32)24(31)22(14-30)36-28/h9-10,12,16,20,22,24-26,28,30-33H,2-8,11,14H2,1H3/b27-23+/t16?,20?,22?,24-,25+,26?,28-/m1/s1. The van der Waals surface area contributed by atoms with Crippen molar-refractivity contribution in [3.63, 3.8) is 0 Å². The Balaban J connectivity index is 1.51. The zero-order valence-corrected chi connectivity index (χ0v) is 20.6. The number of nitrogens with zero attached hydrogens (tertiary/aromatic N) is 1. The van der Waals surface area contributed by atoms with Crippen molar-refractivity contribution in [2.24, 2.45) is 11.8 Å². The van der Waals surface area contributed by atoms with Gasteiger partial charge in [-0.05, 0) is 74.6 Å². The van der Waals surface area contributed by atoms with Crippen LogP contribution in [0.3, 0.4) is 0 Å². The van der Waals surface area contributed by atoms with Gasteiger partial charge < -0.3 is 34.6 Å². The van der Waals surface area contributed by atoms with E-state index in [4.69, 9.17) is 14.2 Å². The quantitative estimate of drug-likeness (QED) is 0.361. The van der Waals surface area contributed by atoms with E-state index >= 15 is 0 Å². The summed E-state index contributed by atoms with van der Waals surface area (Å²) in [6.45, 7) is -0.559. The summed E-state index contributed by atoms with van der Waals surface area (Å²) in [4.78, 5) is 0.